The zero-order chi connectivity index (χ0) is 27.2. The van der Waals surface area contributed by atoms with E-state index in [1.807, 2.05) is 4.90 Å². The van der Waals surface area contributed by atoms with Gasteiger partial charge in [-0.25, -0.2) is 19.4 Å². The molecule has 38 heavy (non-hydrogen) atoms. The van der Waals surface area contributed by atoms with Gasteiger partial charge in [-0.1, -0.05) is 5.21 Å². The second-order valence-corrected chi connectivity index (χ2v) is 10.3. The minimum atomic E-state index is -4.60. The zero-order valence-electron chi connectivity index (χ0n) is 21.3. The van der Waals surface area contributed by atoms with Crippen LogP contribution in [0, 0.1) is 0 Å². The number of hydrogen-bond acceptors (Lipinski definition) is 8. The average Bonchev–Trinajstić information content (AvgIpc) is 3.44. The lowest BCUT2D eigenvalue weighted by Gasteiger charge is -2.35. The van der Waals surface area contributed by atoms with Crippen molar-refractivity contribution in [2.75, 3.05) is 44.2 Å². The van der Waals surface area contributed by atoms with Crippen molar-refractivity contribution >= 4 is 23.5 Å². The first-order valence-corrected chi connectivity index (χ1v) is 12.3. The summed E-state index contributed by atoms with van der Waals surface area (Å²) in [7, 11) is 0. The number of piperazine rings is 1. The van der Waals surface area contributed by atoms with Crippen molar-refractivity contribution in [1.82, 2.24) is 39.2 Å². The molecule has 12 nitrogen and oxygen atoms in total. The molecule has 0 radical (unpaired) electrons. The van der Waals surface area contributed by atoms with Crippen LogP contribution >= 0.6 is 0 Å². The molecule has 0 aromatic carbocycles. The summed E-state index contributed by atoms with van der Waals surface area (Å²) in [5.74, 6) is 0.127. The van der Waals surface area contributed by atoms with Gasteiger partial charge in [-0.05, 0) is 27.2 Å². The zero-order valence-corrected chi connectivity index (χ0v) is 21.3. The molecule has 0 aliphatic carbocycles. The van der Waals surface area contributed by atoms with Gasteiger partial charge in [-0.15, -0.1) is 5.10 Å². The predicted octanol–water partition coefficient (Wildman–Crippen LogP) is 2.30. The fourth-order valence-electron chi connectivity index (χ4n) is 4.24. The van der Waals surface area contributed by atoms with Gasteiger partial charge >= 0.3 is 12.3 Å². The number of ether oxygens (including phenoxy) is 1. The minimum absolute atomic E-state index is 0.112. The largest absolute Gasteiger partial charge is 0.444 e. The molecule has 2 saturated heterocycles. The summed E-state index contributed by atoms with van der Waals surface area (Å²) in [6, 6.07) is 0. The molecule has 5 rings (SSSR count). The van der Waals surface area contributed by atoms with E-state index < -0.39 is 23.6 Å². The van der Waals surface area contributed by atoms with Crippen LogP contribution in [0.4, 0.5) is 23.8 Å². The number of fused-ring (bicyclic) bond motifs is 1. The Kier molecular flexibility index (Phi) is 6.39. The number of anilines is 1. The maximum absolute atomic E-state index is 13.6. The number of amides is 2. The molecule has 0 bridgehead atoms. The minimum Gasteiger partial charge on any atom is -0.444 e. The molecular weight excluding hydrogens is 507 g/mol. The van der Waals surface area contributed by atoms with E-state index in [0.29, 0.717) is 45.1 Å². The molecular formula is C23H28F3N9O3. The second kappa shape index (κ2) is 9.44. The van der Waals surface area contributed by atoms with Gasteiger partial charge in [0.25, 0.3) is 0 Å². The number of halogens is 3. The average molecular weight is 536 g/mol. The Morgan fingerprint density at radius 2 is 1.66 bits per heavy atom. The van der Waals surface area contributed by atoms with Crippen molar-refractivity contribution in [3.8, 4) is 11.4 Å². The van der Waals surface area contributed by atoms with E-state index in [4.69, 9.17) is 4.74 Å². The maximum Gasteiger partial charge on any atom is 0.433 e. The quantitative estimate of drug-likeness (QED) is 0.500. The normalized spacial score (nSPS) is 16.6. The summed E-state index contributed by atoms with van der Waals surface area (Å²) in [5.41, 5.74) is -0.971. The van der Waals surface area contributed by atoms with E-state index in [0.717, 1.165) is 17.0 Å². The number of alkyl halides is 3. The van der Waals surface area contributed by atoms with Gasteiger partial charge < -0.3 is 19.4 Å². The number of imidazole rings is 1. The van der Waals surface area contributed by atoms with Crippen molar-refractivity contribution in [2.45, 2.75) is 45.5 Å². The first-order chi connectivity index (χ1) is 17.9. The van der Waals surface area contributed by atoms with Crippen molar-refractivity contribution in [3.05, 3.63) is 24.3 Å². The molecule has 3 aromatic rings. The molecule has 3 aromatic heterocycles. The van der Waals surface area contributed by atoms with E-state index >= 15 is 0 Å². The smallest absolute Gasteiger partial charge is 0.433 e. The molecule has 0 unspecified atom stereocenters. The number of aromatic nitrogens is 6. The van der Waals surface area contributed by atoms with Crippen LogP contribution in [0.3, 0.4) is 0 Å². The summed E-state index contributed by atoms with van der Waals surface area (Å²) in [6.07, 6.45) is -0.591. The van der Waals surface area contributed by atoms with Gasteiger partial charge in [0.05, 0.1) is 12.4 Å². The Bertz CT molecular complexity index is 1350. The highest BCUT2D eigenvalue weighted by molar-refractivity contribution is 5.77. The lowest BCUT2D eigenvalue weighted by molar-refractivity contribution is -0.141. The van der Waals surface area contributed by atoms with Crippen LogP contribution in [-0.4, -0.2) is 96.0 Å². The van der Waals surface area contributed by atoms with E-state index in [1.54, 1.807) is 30.6 Å². The molecule has 0 saturated carbocycles. The van der Waals surface area contributed by atoms with Gasteiger partial charge in [0.2, 0.25) is 5.91 Å². The van der Waals surface area contributed by atoms with Gasteiger partial charge in [-0.2, -0.15) is 13.2 Å². The summed E-state index contributed by atoms with van der Waals surface area (Å²) >= 11 is 0. The summed E-state index contributed by atoms with van der Waals surface area (Å²) in [5, 5.41) is 8.05. The van der Waals surface area contributed by atoms with E-state index in [1.165, 1.54) is 17.1 Å². The third-order valence-electron chi connectivity index (χ3n) is 6.30. The molecule has 2 aliphatic rings. The van der Waals surface area contributed by atoms with Crippen molar-refractivity contribution in [3.63, 3.8) is 0 Å². The van der Waals surface area contributed by atoms with Crippen molar-refractivity contribution < 1.29 is 27.5 Å². The summed E-state index contributed by atoms with van der Waals surface area (Å²) < 4.78 is 48.4. The van der Waals surface area contributed by atoms with Crippen LogP contribution < -0.4 is 4.90 Å². The number of rotatable bonds is 4. The van der Waals surface area contributed by atoms with Crippen molar-refractivity contribution in [1.29, 1.82) is 0 Å². The highest BCUT2D eigenvalue weighted by Crippen LogP contribution is 2.34. The molecule has 0 N–H and O–H groups in total. The Labute approximate surface area is 216 Å². The lowest BCUT2D eigenvalue weighted by atomic mass is 10.2. The van der Waals surface area contributed by atoms with Crippen LogP contribution in [0.25, 0.3) is 17.0 Å². The van der Waals surface area contributed by atoms with Gasteiger partial charge in [-0.3, -0.25) is 9.20 Å². The lowest BCUT2D eigenvalue weighted by Crippen LogP contribution is -2.52. The van der Waals surface area contributed by atoms with Crippen molar-refractivity contribution in [2.24, 2.45) is 0 Å². The Morgan fingerprint density at radius 3 is 2.26 bits per heavy atom. The van der Waals surface area contributed by atoms with Gasteiger partial charge in [0.15, 0.2) is 11.5 Å². The van der Waals surface area contributed by atoms with Crippen LogP contribution in [0.1, 0.15) is 32.9 Å². The number of nitrogens with zero attached hydrogens (tertiary/aromatic N) is 9. The van der Waals surface area contributed by atoms with Gasteiger partial charge in [0.1, 0.15) is 29.2 Å². The number of carbonyl (C=O) groups is 2. The first-order valence-electron chi connectivity index (χ1n) is 12.3. The number of carbonyl (C=O) groups excluding carboxylic acids is 2. The molecule has 204 valence electrons. The monoisotopic (exact) mass is 535 g/mol. The molecule has 15 heteroatoms. The standard InChI is InChI=1S/C23H28F3N9O3/c1-22(2,3)38-21(37)33-9-7-31(8-10-33)18(36)14-34-12-16(29-30-34)15-13-35-17(23(24,25)26)11-27-19(35)20(28-15)32-5-4-6-32/h11-13H,4-10,14H2,1-3H3. The van der Waals surface area contributed by atoms with Crippen LogP contribution in [0.2, 0.25) is 0 Å². The summed E-state index contributed by atoms with van der Waals surface area (Å²) in [4.78, 5) is 38.6. The molecule has 2 fully saturated rings. The highest BCUT2D eigenvalue weighted by atomic mass is 19.4. The molecule has 2 aliphatic heterocycles. The third-order valence-corrected chi connectivity index (χ3v) is 6.30. The first kappa shape index (κ1) is 25.7. The van der Waals surface area contributed by atoms with E-state index in [9.17, 15) is 22.8 Å². The Morgan fingerprint density at radius 1 is 0.974 bits per heavy atom. The molecule has 0 spiro atoms. The predicted molar refractivity (Wildman–Crippen MR) is 128 cm³/mol. The molecule has 5 heterocycles. The van der Waals surface area contributed by atoms with Crippen LogP contribution in [0.15, 0.2) is 18.6 Å². The maximum atomic E-state index is 13.6. The third kappa shape index (κ3) is 5.22. The fourth-order valence-corrected chi connectivity index (χ4v) is 4.24. The highest BCUT2D eigenvalue weighted by Gasteiger charge is 2.36. The van der Waals surface area contributed by atoms with Crippen LogP contribution in [0.5, 0.6) is 0 Å². The SMILES string of the molecule is CC(C)(C)OC(=O)N1CCN(C(=O)Cn2cc(-c3cn4c(C(F)(F)F)cnc4c(N4CCC4)n3)nn2)CC1. The van der Waals surface area contributed by atoms with E-state index in [2.05, 4.69) is 20.3 Å². The van der Waals surface area contributed by atoms with E-state index in [-0.39, 0.29) is 29.5 Å². The van der Waals surface area contributed by atoms with Crippen LogP contribution in [-0.2, 0) is 22.3 Å². The topological polar surface area (TPSA) is 114 Å². The Balaban J connectivity index is 1.30. The van der Waals surface area contributed by atoms with Gasteiger partial charge in [0, 0.05) is 45.5 Å². The Hall–Kier alpha value is -3.91. The fraction of sp³-hybridized carbons (Fsp3) is 0.565. The summed E-state index contributed by atoms with van der Waals surface area (Å²) in [6.45, 7) is 7.99. The second-order valence-electron chi connectivity index (χ2n) is 10.3. The molecule has 0 atom stereocenters. The molecule has 2 amide bonds. The number of hydrogen-bond donors (Lipinski definition) is 0.